The molecule has 134 valence electrons. The van der Waals surface area contributed by atoms with Crippen LogP contribution in [-0.4, -0.2) is 44.6 Å². The molecule has 24 heavy (non-hydrogen) atoms. The number of anilines is 1. The molecule has 1 amide bonds. The predicted octanol–water partition coefficient (Wildman–Crippen LogP) is 3.06. The number of hydrogen-bond acceptors (Lipinski definition) is 3. The fourth-order valence-electron chi connectivity index (χ4n) is 3.25. The van der Waals surface area contributed by atoms with Crippen LogP contribution in [0.1, 0.15) is 32.3 Å². The second-order valence-electron chi connectivity index (χ2n) is 6.70. The molecule has 1 aliphatic heterocycles. The van der Waals surface area contributed by atoms with E-state index >= 15 is 0 Å². The molecule has 7 heteroatoms. The highest BCUT2D eigenvalue weighted by molar-refractivity contribution is 7.92. The molecule has 1 saturated heterocycles. The second-order valence-corrected chi connectivity index (χ2v) is 8.99. The van der Waals surface area contributed by atoms with Crippen LogP contribution in [0.2, 0.25) is 5.02 Å². The SMILES string of the molecule is Cc1ccc(Cl)cc1N(C(C)C(=O)N1CCCC(C)C1)S(C)(=O)=O. The van der Waals surface area contributed by atoms with E-state index < -0.39 is 16.1 Å². The topological polar surface area (TPSA) is 57.7 Å². The number of benzene rings is 1. The van der Waals surface area contributed by atoms with Crippen LogP contribution in [0.25, 0.3) is 0 Å². The summed E-state index contributed by atoms with van der Waals surface area (Å²) < 4.78 is 26.0. The molecular formula is C17H25ClN2O3S. The van der Waals surface area contributed by atoms with Crippen molar-refractivity contribution in [2.75, 3.05) is 23.7 Å². The highest BCUT2D eigenvalue weighted by Gasteiger charge is 2.34. The minimum Gasteiger partial charge on any atom is -0.341 e. The molecule has 2 rings (SSSR count). The number of hydrogen-bond donors (Lipinski definition) is 0. The fourth-order valence-corrected chi connectivity index (χ4v) is 4.63. The Bertz CT molecular complexity index is 721. The van der Waals surface area contributed by atoms with Crippen LogP contribution in [-0.2, 0) is 14.8 Å². The van der Waals surface area contributed by atoms with Crippen molar-refractivity contribution < 1.29 is 13.2 Å². The van der Waals surface area contributed by atoms with Crippen molar-refractivity contribution in [2.24, 2.45) is 5.92 Å². The normalized spacial score (nSPS) is 19.9. The Morgan fingerprint density at radius 1 is 1.42 bits per heavy atom. The van der Waals surface area contributed by atoms with Crippen molar-refractivity contribution >= 4 is 33.2 Å². The van der Waals surface area contributed by atoms with Gasteiger partial charge in [0, 0.05) is 18.1 Å². The van der Waals surface area contributed by atoms with Crippen molar-refractivity contribution in [2.45, 2.75) is 39.7 Å². The van der Waals surface area contributed by atoms with Crippen molar-refractivity contribution in [3.05, 3.63) is 28.8 Å². The lowest BCUT2D eigenvalue weighted by atomic mass is 9.99. The summed E-state index contributed by atoms with van der Waals surface area (Å²) in [7, 11) is -3.63. The molecule has 0 aromatic heterocycles. The molecule has 1 aromatic carbocycles. The van der Waals surface area contributed by atoms with Crippen LogP contribution < -0.4 is 4.31 Å². The number of carbonyl (C=O) groups is 1. The number of rotatable bonds is 4. The zero-order valence-corrected chi connectivity index (χ0v) is 16.2. The molecule has 0 spiro atoms. The lowest BCUT2D eigenvalue weighted by molar-refractivity contribution is -0.133. The average molecular weight is 373 g/mol. The molecule has 1 heterocycles. The van der Waals surface area contributed by atoms with Gasteiger partial charge in [0.1, 0.15) is 6.04 Å². The Kier molecular flexibility index (Phi) is 5.81. The summed E-state index contributed by atoms with van der Waals surface area (Å²) in [4.78, 5) is 14.7. The van der Waals surface area contributed by atoms with Gasteiger partial charge in [-0.15, -0.1) is 0 Å². The molecule has 0 N–H and O–H groups in total. The number of carbonyl (C=O) groups excluding carboxylic acids is 1. The van der Waals surface area contributed by atoms with Crippen molar-refractivity contribution in [1.82, 2.24) is 4.90 Å². The lowest BCUT2D eigenvalue weighted by Crippen LogP contribution is -2.51. The number of sulfonamides is 1. The van der Waals surface area contributed by atoms with E-state index in [2.05, 4.69) is 6.92 Å². The molecule has 0 bridgehead atoms. The number of likely N-dealkylation sites (tertiary alicyclic amines) is 1. The van der Waals surface area contributed by atoms with Gasteiger partial charge in [-0.2, -0.15) is 0 Å². The van der Waals surface area contributed by atoms with E-state index in [0.29, 0.717) is 29.7 Å². The second kappa shape index (κ2) is 7.31. The Morgan fingerprint density at radius 3 is 2.67 bits per heavy atom. The summed E-state index contributed by atoms with van der Waals surface area (Å²) >= 11 is 6.05. The van der Waals surface area contributed by atoms with E-state index in [4.69, 9.17) is 11.6 Å². The first-order valence-electron chi connectivity index (χ1n) is 8.15. The zero-order chi connectivity index (χ0) is 18.1. The Balaban J connectivity index is 2.38. The highest BCUT2D eigenvalue weighted by Crippen LogP contribution is 2.29. The summed E-state index contributed by atoms with van der Waals surface area (Å²) in [5, 5.41) is 0.440. The third-order valence-electron chi connectivity index (χ3n) is 4.44. The molecule has 2 unspecified atom stereocenters. The molecule has 0 saturated carbocycles. The largest absolute Gasteiger partial charge is 0.341 e. The summed E-state index contributed by atoms with van der Waals surface area (Å²) in [5.41, 5.74) is 1.22. The van der Waals surface area contributed by atoms with Gasteiger partial charge in [-0.3, -0.25) is 9.10 Å². The van der Waals surface area contributed by atoms with E-state index in [-0.39, 0.29) is 5.91 Å². The smallest absolute Gasteiger partial charge is 0.246 e. The number of aryl methyl sites for hydroxylation is 1. The van der Waals surface area contributed by atoms with Crippen LogP contribution in [0.5, 0.6) is 0 Å². The fraction of sp³-hybridized carbons (Fsp3) is 0.588. The van der Waals surface area contributed by atoms with Gasteiger partial charge in [0.05, 0.1) is 11.9 Å². The van der Waals surface area contributed by atoms with Gasteiger partial charge in [0.15, 0.2) is 0 Å². The minimum absolute atomic E-state index is 0.161. The van der Waals surface area contributed by atoms with Crippen LogP contribution >= 0.6 is 11.6 Å². The van der Waals surface area contributed by atoms with Crippen LogP contribution in [0.3, 0.4) is 0 Å². The van der Waals surface area contributed by atoms with Crippen LogP contribution in [0, 0.1) is 12.8 Å². The number of halogens is 1. The van der Waals surface area contributed by atoms with E-state index in [1.54, 1.807) is 30.0 Å². The van der Waals surface area contributed by atoms with Gasteiger partial charge in [0.2, 0.25) is 15.9 Å². The third-order valence-corrected chi connectivity index (χ3v) is 5.91. The van der Waals surface area contributed by atoms with Crippen molar-refractivity contribution in [3.8, 4) is 0 Å². The van der Waals surface area contributed by atoms with E-state index in [1.807, 2.05) is 6.92 Å². The summed E-state index contributed by atoms with van der Waals surface area (Å²) in [6, 6.07) is 4.26. The Morgan fingerprint density at radius 2 is 2.08 bits per heavy atom. The maximum absolute atomic E-state index is 12.9. The highest BCUT2D eigenvalue weighted by atomic mass is 35.5. The predicted molar refractivity (Wildman–Crippen MR) is 98.0 cm³/mol. The van der Waals surface area contributed by atoms with Gasteiger partial charge in [-0.25, -0.2) is 8.42 Å². The Labute approximate surface area is 149 Å². The van der Waals surface area contributed by atoms with Crippen LogP contribution in [0.15, 0.2) is 18.2 Å². The summed E-state index contributed by atoms with van der Waals surface area (Å²) in [5.74, 6) is 0.279. The molecule has 1 aliphatic rings. The van der Waals surface area contributed by atoms with Crippen molar-refractivity contribution in [3.63, 3.8) is 0 Å². The standard InChI is InChI=1S/C17H25ClN2O3S/c1-12-6-5-9-19(11-12)17(21)14(3)20(24(4,22)23)16-10-15(18)8-7-13(16)2/h7-8,10,12,14H,5-6,9,11H2,1-4H3. The minimum atomic E-state index is -3.63. The van der Waals surface area contributed by atoms with Gasteiger partial charge < -0.3 is 4.90 Å². The number of amides is 1. The first kappa shape index (κ1) is 19.1. The number of nitrogens with zero attached hydrogens (tertiary/aromatic N) is 2. The maximum atomic E-state index is 12.9. The number of piperidine rings is 1. The van der Waals surface area contributed by atoms with E-state index in [1.165, 1.54) is 4.31 Å². The molecule has 5 nitrogen and oxygen atoms in total. The quantitative estimate of drug-likeness (QED) is 0.816. The molecule has 2 atom stereocenters. The van der Waals surface area contributed by atoms with E-state index in [0.717, 1.165) is 24.7 Å². The summed E-state index contributed by atoms with van der Waals surface area (Å²) in [6.45, 7) is 6.92. The Hall–Kier alpha value is -1.27. The van der Waals surface area contributed by atoms with Gasteiger partial charge in [-0.1, -0.05) is 24.6 Å². The van der Waals surface area contributed by atoms with Crippen LogP contribution in [0.4, 0.5) is 5.69 Å². The molecular weight excluding hydrogens is 348 g/mol. The first-order chi connectivity index (χ1) is 11.1. The van der Waals surface area contributed by atoms with Crippen molar-refractivity contribution in [1.29, 1.82) is 0 Å². The van der Waals surface area contributed by atoms with E-state index in [9.17, 15) is 13.2 Å². The zero-order valence-electron chi connectivity index (χ0n) is 14.6. The molecule has 0 aliphatic carbocycles. The molecule has 0 radical (unpaired) electrons. The molecule has 1 aromatic rings. The summed E-state index contributed by atoms with van der Waals surface area (Å²) in [6.07, 6.45) is 3.17. The van der Waals surface area contributed by atoms with Gasteiger partial charge in [-0.05, 0) is 50.3 Å². The average Bonchev–Trinajstić information content (AvgIpc) is 2.48. The maximum Gasteiger partial charge on any atom is 0.246 e. The van der Waals surface area contributed by atoms with Gasteiger partial charge in [0.25, 0.3) is 0 Å². The molecule has 1 fully saturated rings. The third kappa shape index (κ3) is 4.22. The van der Waals surface area contributed by atoms with Gasteiger partial charge >= 0.3 is 0 Å². The first-order valence-corrected chi connectivity index (χ1v) is 10.4. The lowest BCUT2D eigenvalue weighted by Gasteiger charge is -2.36. The monoisotopic (exact) mass is 372 g/mol.